The molecule has 8 heteroatoms. The maximum absolute atomic E-state index is 13.2. The van der Waals surface area contributed by atoms with Gasteiger partial charge in [-0.25, -0.2) is 15.0 Å². The Balaban J connectivity index is 1.75. The highest BCUT2D eigenvalue weighted by Gasteiger charge is 2.39. The van der Waals surface area contributed by atoms with Crippen LogP contribution in [-0.4, -0.2) is 55.0 Å². The molecule has 1 aliphatic heterocycles. The Morgan fingerprint density at radius 3 is 2.56 bits per heavy atom. The van der Waals surface area contributed by atoms with Crippen molar-refractivity contribution in [3.8, 4) is 17.1 Å². The number of methoxy groups -OCH3 is 1. The fourth-order valence-corrected chi connectivity index (χ4v) is 3.50. The van der Waals surface area contributed by atoms with Gasteiger partial charge in [0.05, 0.1) is 7.11 Å². The highest BCUT2D eigenvalue weighted by molar-refractivity contribution is 6.08. The molecule has 8 nitrogen and oxygen atoms in total. The Morgan fingerprint density at radius 2 is 1.84 bits per heavy atom. The van der Waals surface area contributed by atoms with Gasteiger partial charge in [0.25, 0.3) is 5.91 Å². The van der Waals surface area contributed by atoms with Gasteiger partial charge in [-0.3, -0.25) is 9.78 Å². The average Bonchev–Trinajstić information content (AvgIpc) is 3.44. The van der Waals surface area contributed by atoms with Crippen LogP contribution in [0, 0.1) is 0 Å². The van der Waals surface area contributed by atoms with Gasteiger partial charge in [-0.15, -0.1) is 0 Å². The fraction of sp³-hybridized carbons (Fsp3) is 0.353. The van der Waals surface area contributed by atoms with E-state index >= 15 is 0 Å². The topological polar surface area (TPSA) is 86.0 Å². The number of aromatic nitrogens is 5. The molecule has 1 amide bonds. The van der Waals surface area contributed by atoms with Crippen LogP contribution in [0.3, 0.4) is 0 Å². The highest BCUT2D eigenvalue weighted by atomic mass is 16.5. The molecule has 126 valence electrons. The minimum absolute atomic E-state index is 0.0411. The standard InChI is InChI=1S/C17H16N6O2/c1-25-17-20-8-10(9-21-17)12-13-15(19-5-4-18-13)23-7-6-22(11-2-3-11)16(24)14(12)23/h4-5,8-9,11H,2-3,6-7H2,1H3. The number of fused-ring (bicyclic) bond motifs is 3. The van der Waals surface area contributed by atoms with Crippen LogP contribution in [-0.2, 0) is 6.54 Å². The summed E-state index contributed by atoms with van der Waals surface area (Å²) in [7, 11) is 1.52. The predicted octanol–water partition coefficient (Wildman–Crippen LogP) is 1.52. The summed E-state index contributed by atoms with van der Waals surface area (Å²) in [4.78, 5) is 32.5. The number of hydrogen-bond acceptors (Lipinski definition) is 6. The van der Waals surface area contributed by atoms with E-state index in [2.05, 4.69) is 19.9 Å². The largest absolute Gasteiger partial charge is 0.467 e. The van der Waals surface area contributed by atoms with E-state index in [1.807, 2.05) is 9.47 Å². The van der Waals surface area contributed by atoms with Gasteiger partial charge >= 0.3 is 6.01 Å². The highest BCUT2D eigenvalue weighted by Crippen LogP contribution is 2.38. The molecule has 0 bridgehead atoms. The lowest BCUT2D eigenvalue weighted by Gasteiger charge is -2.29. The second-order valence-electron chi connectivity index (χ2n) is 6.29. The Kier molecular flexibility index (Phi) is 3.00. The lowest BCUT2D eigenvalue weighted by atomic mass is 10.1. The van der Waals surface area contributed by atoms with Gasteiger partial charge in [-0.2, -0.15) is 0 Å². The lowest BCUT2D eigenvalue weighted by Crippen LogP contribution is -2.41. The molecule has 0 radical (unpaired) electrons. The zero-order valence-electron chi connectivity index (χ0n) is 13.7. The molecule has 3 aromatic rings. The second-order valence-corrected chi connectivity index (χ2v) is 6.29. The van der Waals surface area contributed by atoms with E-state index in [1.54, 1.807) is 24.8 Å². The molecular weight excluding hydrogens is 320 g/mol. The quantitative estimate of drug-likeness (QED) is 0.721. The van der Waals surface area contributed by atoms with Crippen LogP contribution in [0.25, 0.3) is 22.3 Å². The molecular formula is C17H16N6O2. The van der Waals surface area contributed by atoms with E-state index in [0.29, 0.717) is 17.3 Å². The van der Waals surface area contributed by atoms with Crippen molar-refractivity contribution in [2.75, 3.05) is 13.7 Å². The van der Waals surface area contributed by atoms with Crippen LogP contribution >= 0.6 is 0 Å². The molecule has 0 spiro atoms. The molecule has 1 fully saturated rings. The first-order valence-electron chi connectivity index (χ1n) is 8.28. The third-order valence-corrected chi connectivity index (χ3v) is 4.79. The zero-order valence-corrected chi connectivity index (χ0v) is 13.7. The van der Waals surface area contributed by atoms with E-state index in [4.69, 9.17) is 4.74 Å². The van der Waals surface area contributed by atoms with Crippen molar-refractivity contribution in [1.29, 1.82) is 0 Å². The molecule has 0 atom stereocenters. The van der Waals surface area contributed by atoms with E-state index < -0.39 is 0 Å². The molecule has 3 aromatic heterocycles. The van der Waals surface area contributed by atoms with Gasteiger partial charge in [0.15, 0.2) is 5.65 Å². The van der Waals surface area contributed by atoms with E-state index in [1.165, 1.54) is 7.11 Å². The first kappa shape index (κ1) is 14.3. The van der Waals surface area contributed by atoms with Gasteiger partial charge in [-0.05, 0) is 12.8 Å². The molecule has 2 aliphatic rings. The predicted molar refractivity (Wildman–Crippen MR) is 89.2 cm³/mol. The normalized spacial score (nSPS) is 17.0. The summed E-state index contributed by atoms with van der Waals surface area (Å²) >= 11 is 0. The summed E-state index contributed by atoms with van der Waals surface area (Å²) in [6.07, 6.45) is 8.80. The zero-order chi connectivity index (χ0) is 17.0. The summed E-state index contributed by atoms with van der Waals surface area (Å²) in [5, 5.41) is 0. The molecule has 1 aliphatic carbocycles. The number of carbonyl (C=O) groups is 1. The fourth-order valence-electron chi connectivity index (χ4n) is 3.50. The van der Waals surface area contributed by atoms with Crippen molar-refractivity contribution in [3.63, 3.8) is 0 Å². The molecule has 5 rings (SSSR count). The monoisotopic (exact) mass is 336 g/mol. The third kappa shape index (κ3) is 2.10. The van der Waals surface area contributed by atoms with Crippen molar-refractivity contribution in [1.82, 2.24) is 29.4 Å². The van der Waals surface area contributed by atoms with Crippen molar-refractivity contribution in [3.05, 3.63) is 30.5 Å². The smallest absolute Gasteiger partial charge is 0.316 e. The maximum atomic E-state index is 13.2. The number of carbonyl (C=O) groups excluding carboxylic acids is 1. The molecule has 0 saturated heterocycles. The molecule has 4 heterocycles. The Hall–Kier alpha value is -3.03. The van der Waals surface area contributed by atoms with Gasteiger partial charge < -0.3 is 14.2 Å². The minimum Gasteiger partial charge on any atom is -0.467 e. The number of amides is 1. The maximum Gasteiger partial charge on any atom is 0.316 e. The molecule has 0 N–H and O–H groups in total. The minimum atomic E-state index is 0.0411. The number of nitrogens with zero attached hydrogens (tertiary/aromatic N) is 6. The van der Waals surface area contributed by atoms with E-state index in [-0.39, 0.29) is 11.9 Å². The van der Waals surface area contributed by atoms with Gasteiger partial charge in [0.1, 0.15) is 11.2 Å². The van der Waals surface area contributed by atoms with Gasteiger partial charge in [0, 0.05) is 55.0 Å². The molecule has 1 saturated carbocycles. The summed E-state index contributed by atoms with van der Waals surface area (Å²) in [6.45, 7) is 1.44. The summed E-state index contributed by atoms with van der Waals surface area (Å²) in [6, 6.07) is 0.665. The molecule has 0 unspecified atom stereocenters. The van der Waals surface area contributed by atoms with Crippen molar-refractivity contribution >= 4 is 17.1 Å². The first-order chi connectivity index (χ1) is 12.3. The summed E-state index contributed by atoms with van der Waals surface area (Å²) in [5.41, 5.74) is 3.56. The van der Waals surface area contributed by atoms with Gasteiger partial charge in [-0.1, -0.05) is 0 Å². The average molecular weight is 336 g/mol. The third-order valence-electron chi connectivity index (χ3n) is 4.79. The van der Waals surface area contributed by atoms with Crippen LogP contribution in [0.1, 0.15) is 23.3 Å². The lowest BCUT2D eigenvalue weighted by molar-refractivity contribution is 0.0693. The SMILES string of the molecule is COc1ncc(-c2c3n(c4nccnc24)CCN(C2CC2)C3=O)cn1. The molecule has 0 aromatic carbocycles. The van der Waals surface area contributed by atoms with Crippen LogP contribution < -0.4 is 4.74 Å². The second kappa shape index (κ2) is 5.23. The van der Waals surface area contributed by atoms with Crippen LogP contribution in [0.2, 0.25) is 0 Å². The molecule has 25 heavy (non-hydrogen) atoms. The first-order valence-corrected chi connectivity index (χ1v) is 8.28. The van der Waals surface area contributed by atoms with Crippen LogP contribution in [0.4, 0.5) is 0 Å². The van der Waals surface area contributed by atoms with Crippen molar-refractivity contribution < 1.29 is 9.53 Å². The Bertz CT molecular complexity index is 977. The van der Waals surface area contributed by atoms with Gasteiger partial charge in [0.2, 0.25) is 0 Å². The number of hydrogen-bond donors (Lipinski definition) is 0. The van der Waals surface area contributed by atoms with E-state index in [0.717, 1.165) is 42.7 Å². The number of rotatable bonds is 3. The Labute approximate surface area is 143 Å². The summed E-state index contributed by atoms with van der Waals surface area (Å²) in [5.74, 6) is 0.0411. The Morgan fingerprint density at radius 1 is 1.08 bits per heavy atom. The summed E-state index contributed by atoms with van der Waals surface area (Å²) < 4.78 is 7.01. The van der Waals surface area contributed by atoms with Crippen LogP contribution in [0.15, 0.2) is 24.8 Å². The van der Waals surface area contributed by atoms with E-state index in [9.17, 15) is 4.79 Å². The van der Waals surface area contributed by atoms with Crippen molar-refractivity contribution in [2.24, 2.45) is 0 Å². The number of ether oxygens (including phenoxy) is 1. The van der Waals surface area contributed by atoms with Crippen molar-refractivity contribution in [2.45, 2.75) is 25.4 Å². The van der Waals surface area contributed by atoms with Crippen LogP contribution in [0.5, 0.6) is 6.01 Å².